The molecule has 144 valence electrons. The first-order valence-corrected chi connectivity index (χ1v) is 9.44. The van der Waals surface area contributed by atoms with Crippen molar-refractivity contribution in [2.24, 2.45) is 0 Å². The quantitative estimate of drug-likeness (QED) is 0.741. The smallest absolute Gasteiger partial charge is 0.411 e. The van der Waals surface area contributed by atoms with E-state index in [0.29, 0.717) is 23.4 Å². The van der Waals surface area contributed by atoms with Crippen LogP contribution in [0.5, 0.6) is 0 Å². The fourth-order valence-electron chi connectivity index (χ4n) is 3.40. The highest BCUT2D eigenvalue weighted by Crippen LogP contribution is 2.39. The lowest BCUT2D eigenvalue weighted by Gasteiger charge is -2.37. The SMILES string of the molecule is CCCC1(C(=O)c2ccc(Cl)c(Cl)c2)CC(O)CN1C(=O)OC(C)(C)C. The van der Waals surface area contributed by atoms with Gasteiger partial charge in [-0.25, -0.2) is 4.79 Å². The minimum atomic E-state index is -1.16. The number of rotatable bonds is 4. The second-order valence-electron chi connectivity index (χ2n) is 7.69. The van der Waals surface area contributed by atoms with Crippen LogP contribution in [0.2, 0.25) is 10.0 Å². The first kappa shape index (κ1) is 21.0. The Labute approximate surface area is 164 Å². The Bertz CT molecular complexity index is 701. The van der Waals surface area contributed by atoms with Crippen LogP contribution < -0.4 is 0 Å². The number of hydrogen-bond acceptors (Lipinski definition) is 4. The van der Waals surface area contributed by atoms with Crippen LogP contribution >= 0.6 is 23.2 Å². The van der Waals surface area contributed by atoms with Crippen LogP contribution in [0.15, 0.2) is 18.2 Å². The average molecular weight is 402 g/mol. The maximum absolute atomic E-state index is 13.4. The molecule has 1 aliphatic heterocycles. The molecular weight excluding hydrogens is 377 g/mol. The number of hydrogen-bond donors (Lipinski definition) is 1. The van der Waals surface area contributed by atoms with Crippen molar-refractivity contribution in [2.45, 2.75) is 64.2 Å². The summed E-state index contributed by atoms with van der Waals surface area (Å²) >= 11 is 12.0. The summed E-state index contributed by atoms with van der Waals surface area (Å²) in [5.41, 5.74) is -1.50. The van der Waals surface area contributed by atoms with Crippen LogP contribution in [-0.4, -0.2) is 45.7 Å². The topological polar surface area (TPSA) is 66.8 Å². The fourth-order valence-corrected chi connectivity index (χ4v) is 3.70. The van der Waals surface area contributed by atoms with Crippen molar-refractivity contribution in [2.75, 3.05) is 6.54 Å². The van der Waals surface area contributed by atoms with Gasteiger partial charge in [-0.05, 0) is 45.4 Å². The van der Waals surface area contributed by atoms with Crippen LogP contribution in [-0.2, 0) is 4.74 Å². The number of carbonyl (C=O) groups excluding carboxylic acids is 2. The van der Waals surface area contributed by atoms with Gasteiger partial charge in [-0.15, -0.1) is 0 Å². The van der Waals surface area contributed by atoms with E-state index in [-0.39, 0.29) is 23.8 Å². The lowest BCUT2D eigenvalue weighted by molar-refractivity contribution is 0.00670. The monoisotopic (exact) mass is 401 g/mol. The van der Waals surface area contributed by atoms with Crippen LogP contribution in [0.1, 0.15) is 57.3 Å². The third kappa shape index (κ3) is 4.33. The van der Waals surface area contributed by atoms with Crippen LogP contribution in [0.4, 0.5) is 4.79 Å². The van der Waals surface area contributed by atoms with Gasteiger partial charge in [-0.3, -0.25) is 9.69 Å². The number of nitrogens with zero attached hydrogens (tertiary/aromatic N) is 1. The summed E-state index contributed by atoms with van der Waals surface area (Å²) in [5.74, 6) is -0.264. The van der Waals surface area contributed by atoms with E-state index in [2.05, 4.69) is 0 Å². The molecule has 5 nitrogen and oxygen atoms in total. The molecule has 26 heavy (non-hydrogen) atoms. The molecule has 0 aliphatic carbocycles. The molecule has 0 spiro atoms. The lowest BCUT2D eigenvalue weighted by Crippen LogP contribution is -2.54. The Morgan fingerprint density at radius 3 is 2.50 bits per heavy atom. The zero-order valence-corrected chi connectivity index (χ0v) is 17.0. The molecule has 2 unspecified atom stereocenters. The first-order chi connectivity index (χ1) is 12.0. The number of likely N-dealkylation sites (tertiary alicyclic amines) is 1. The maximum Gasteiger partial charge on any atom is 0.411 e. The minimum Gasteiger partial charge on any atom is -0.444 e. The third-order valence-corrected chi connectivity index (χ3v) is 5.10. The molecule has 0 aromatic heterocycles. The summed E-state index contributed by atoms with van der Waals surface area (Å²) < 4.78 is 5.48. The Morgan fingerprint density at radius 1 is 1.31 bits per heavy atom. The van der Waals surface area contributed by atoms with Gasteiger partial charge in [-0.1, -0.05) is 36.5 Å². The van der Waals surface area contributed by atoms with Crippen molar-refractivity contribution >= 4 is 35.1 Å². The van der Waals surface area contributed by atoms with Gasteiger partial charge in [-0.2, -0.15) is 0 Å². The number of halogens is 2. The Morgan fingerprint density at radius 2 is 1.96 bits per heavy atom. The highest BCUT2D eigenvalue weighted by Gasteiger charge is 2.53. The standard InChI is InChI=1S/C19H25Cl2NO4/c1-5-8-19(16(24)12-6-7-14(20)15(21)9-12)10-13(23)11-22(19)17(25)26-18(2,3)4/h6-7,9,13,23H,5,8,10-11H2,1-4H3. The number of amides is 1. The van der Waals surface area contributed by atoms with Crippen LogP contribution in [0.3, 0.4) is 0 Å². The number of ether oxygens (including phenoxy) is 1. The minimum absolute atomic E-state index is 0.0575. The first-order valence-electron chi connectivity index (χ1n) is 8.68. The molecule has 7 heteroatoms. The van der Waals surface area contributed by atoms with E-state index < -0.39 is 23.3 Å². The van der Waals surface area contributed by atoms with Crippen molar-refractivity contribution in [3.05, 3.63) is 33.8 Å². The van der Waals surface area contributed by atoms with E-state index >= 15 is 0 Å². The molecule has 1 saturated heterocycles. The molecule has 1 fully saturated rings. The van der Waals surface area contributed by atoms with E-state index in [1.54, 1.807) is 32.9 Å². The summed E-state index contributed by atoms with van der Waals surface area (Å²) in [5, 5.41) is 10.9. The number of benzene rings is 1. The molecule has 1 amide bonds. The van der Waals surface area contributed by atoms with Crippen LogP contribution in [0, 0.1) is 0 Å². The number of ketones is 1. The molecule has 2 rings (SSSR count). The van der Waals surface area contributed by atoms with E-state index in [9.17, 15) is 14.7 Å². The maximum atomic E-state index is 13.4. The predicted molar refractivity (Wildman–Crippen MR) is 102 cm³/mol. The molecule has 1 aliphatic rings. The van der Waals surface area contributed by atoms with Gasteiger partial charge in [0.25, 0.3) is 0 Å². The molecule has 0 bridgehead atoms. The van der Waals surface area contributed by atoms with Gasteiger partial charge in [0.15, 0.2) is 5.78 Å². The molecule has 1 N–H and O–H groups in total. The molecule has 0 radical (unpaired) electrons. The number of aliphatic hydroxyl groups is 1. The Hall–Kier alpha value is -1.30. The van der Waals surface area contributed by atoms with E-state index in [1.807, 2.05) is 6.92 Å². The van der Waals surface area contributed by atoms with Crippen molar-refractivity contribution < 1.29 is 19.4 Å². The molecule has 1 heterocycles. The number of carbonyl (C=O) groups is 2. The normalized spacial score (nSPS) is 23.2. The predicted octanol–water partition coefficient (Wildman–Crippen LogP) is 4.72. The average Bonchev–Trinajstić information content (AvgIpc) is 2.86. The molecule has 0 saturated carbocycles. The Kier molecular flexibility index (Phi) is 6.26. The molecule has 1 aromatic carbocycles. The number of Topliss-reactive ketones (excluding diaryl/α,β-unsaturated/α-hetero) is 1. The van der Waals surface area contributed by atoms with E-state index in [4.69, 9.17) is 27.9 Å². The van der Waals surface area contributed by atoms with E-state index in [1.165, 1.54) is 11.0 Å². The summed E-state index contributed by atoms with van der Waals surface area (Å²) in [7, 11) is 0. The second kappa shape index (κ2) is 7.75. The summed E-state index contributed by atoms with van der Waals surface area (Å²) in [4.78, 5) is 27.5. The van der Waals surface area contributed by atoms with Crippen molar-refractivity contribution in [3.8, 4) is 0 Å². The highest BCUT2D eigenvalue weighted by atomic mass is 35.5. The largest absolute Gasteiger partial charge is 0.444 e. The molecule has 2 atom stereocenters. The van der Waals surface area contributed by atoms with Crippen molar-refractivity contribution in [3.63, 3.8) is 0 Å². The van der Waals surface area contributed by atoms with Crippen molar-refractivity contribution in [1.29, 1.82) is 0 Å². The van der Waals surface area contributed by atoms with Gasteiger partial charge >= 0.3 is 6.09 Å². The second-order valence-corrected chi connectivity index (χ2v) is 8.50. The third-order valence-electron chi connectivity index (χ3n) is 4.37. The van der Waals surface area contributed by atoms with Crippen LogP contribution in [0.25, 0.3) is 0 Å². The zero-order chi connectivity index (χ0) is 19.7. The number of aliphatic hydroxyl groups excluding tert-OH is 1. The van der Waals surface area contributed by atoms with Crippen molar-refractivity contribution in [1.82, 2.24) is 4.90 Å². The lowest BCUT2D eigenvalue weighted by atomic mass is 9.82. The summed E-state index contributed by atoms with van der Waals surface area (Å²) in [6.07, 6.45) is -0.141. The number of β-amino-alcohol motifs (C(OH)–C–C–N with tert-alkyl or cyclic N) is 1. The molecule has 1 aromatic rings. The van der Waals surface area contributed by atoms with Gasteiger partial charge in [0.05, 0.1) is 22.7 Å². The van der Waals surface area contributed by atoms with Gasteiger partial charge < -0.3 is 9.84 Å². The fraction of sp³-hybridized carbons (Fsp3) is 0.579. The summed E-state index contributed by atoms with van der Waals surface area (Å²) in [6.45, 7) is 7.28. The van der Waals surface area contributed by atoms with Gasteiger partial charge in [0.2, 0.25) is 0 Å². The van der Waals surface area contributed by atoms with Gasteiger partial charge in [0, 0.05) is 12.0 Å². The highest BCUT2D eigenvalue weighted by molar-refractivity contribution is 6.42. The van der Waals surface area contributed by atoms with Gasteiger partial charge in [0.1, 0.15) is 11.1 Å². The summed E-state index contributed by atoms with van der Waals surface area (Å²) in [6, 6.07) is 4.65. The van der Waals surface area contributed by atoms with E-state index in [0.717, 1.165) is 0 Å². The Balaban J connectivity index is 2.45. The zero-order valence-electron chi connectivity index (χ0n) is 15.5. The molecular formula is C19H25Cl2NO4.